The second-order valence-electron chi connectivity index (χ2n) is 6.22. The normalized spacial score (nSPS) is 14.7. The number of carbonyl (C=O) groups is 1. The molecular weight excluding hydrogens is 351 g/mol. The number of amides is 2. The molecule has 2 amide bonds. The van der Waals surface area contributed by atoms with E-state index >= 15 is 0 Å². The number of carbonyl (C=O) groups excluding carboxylic acids is 1. The number of urea groups is 1. The van der Waals surface area contributed by atoms with Gasteiger partial charge in [0.2, 0.25) is 0 Å². The van der Waals surface area contributed by atoms with E-state index in [9.17, 15) is 9.18 Å². The van der Waals surface area contributed by atoms with E-state index in [1.165, 1.54) is 16.8 Å². The number of piperazine rings is 1. The monoisotopic (exact) mass is 370 g/mol. The van der Waals surface area contributed by atoms with Crippen LogP contribution in [0.25, 0.3) is 10.2 Å². The summed E-state index contributed by atoms with van der Waals surface area (Å²) in [7, 11) is 0. The number of benzene rings is 2. The van der Waals surface area contributed by atoms with Crippen molar-refractivity contribution in [3.8, 4) is 0 Å². The Morgan fingerprint density at radius 3 is 2.54 bits per heavy atom. The van der Waals surface area contributed by atoms with Crippen molar-refractivity contribution < 1.29 is 9.18 Å². The van der Waals surface area contributed by atoms with E-state index in [4.69, 9.17) is 0 Å². The zero-order valence-electron chi connectivity index (χ0n) is 14.2. The van der Waals surface area contributed by atoms with Crippen molar-refractivity contribution in [1.29, 1.82) is 0 Å². The summed E-state index contributed by atoms with van der Waals surface area (Å²) in [6.45, 7) is 3.25. The van der Waals surface area contributed by atoms with Crippen LogP contribution in [-0.4, -0.2) is 42.1 Å². The first-order valence-corrected chi connectivity index (χ1v) is 9.38. The number of para-hydroxylation sites is 1. The molecule has 1 aromatic heterocycles. The van der Waals surface area contributed by atoms with Crippen LogP contribution in [0.15, 0.2) is 48.5 Å². The smallest absolute Gasteiger partial charge is 0.317 e. The molecule has 26 heavy (non-hydrogen) atoms. The molecule has 5 nitrogen and oxygen atoms in total. The Bertz CT molecular complexity index is 870. The largest absolute Gasteiger partial charge is 0.345 e. The Balaban J connectivity index is 1.31. The first-order valence-electron chi connectivity index (χ1n) is 8.57. The van der Waals surface area contributed by atoms with Crippen LogP contribution in [0.3, 0.4) is 0 Å². The average molecular weight is 370 g/mol. The molecule has 1 saturated heterocycles. The average Bonchev–Trinajstić information content (AvgIpc) is 3.12. The Labute approximate surface area is 155 Å². The minimum Gasteiger partial charge on any atom is -0.345 e. The van der Waals surface area contributed by atoms with Gasteiger partial charge in [-0.3, -0.25) is 0 Å². The van der Waals surface area contributed by atoms with Crippen molar-refractivity contribution in [3.05, 3.63) is 59.9 Å². The fourth-order valence-corrected chi connectivity index (χ4v) is 4.01. The number of aromatic nitrogens is 1. The third kappa shape index (κ3) is 3.62. The number of hydrogen-bond donors (Lipinski definition) is 1. The standard InChI is InChI=1S/C19H19FN4OS/c20-15-7-5-14(6-8-15)13-21-18(25)23-9-11-24(12-10-23)19-22-16-3-1-2-4-17(16)26-19/h1-8H,9-13H2,(H,21,25). The van der Waals surface area contributed by atoms with Gasteiger partial charge < -0.3 is 15.1 Å². The fourth-order valence-electron chi connectivity index (χ4n) is 2.99. The van der Waals surface area contributed by atoms with Gasteiger partial charge in [-0.1, -0.05) is 35.6 Å². The first kappa shape index (κ1) is 16.8. The third-order valence-electron chi connectivity index (χ3n) is 4.48. The predicted molar refractivity (Wildman–Crippen MR) is 102 cm³/mol. The van der Waals surface area contributed by atoms with Crippen molar-refractivity contribution in [3.63, 3.8) is 0 Å². The van der Waals surface area contributed by atoms with Crippen LogP contribution in [-0.2, 0) is 6.54 Å². The van der Waals surface area contributed by atoms with Crippen LogP contribution < -0.4 is 10.2 Å². The minimum atomic E-state index is -0.272. The molecule has 3 aromatic rings. The number of rotatable bonds is 3. The van der Waals surface area contributed by atoms with Crippen LogP contribution >= 0.6 is 11.3 Å². The van der Waals surface area contributed by atoms with Gasteiger partial charge in [-0.25, -0.2) is 14.2 Å². The van der Waals surface area contributed by atoms with Gasteiger partial charge in [-0.15, -0.1) is 0 Å². The van der Waals surface area contributed by atoms with Crippen LogP contribution in [0.5, 0.6) is 0 Å². The van der Waals surface area contributed by atoms with Gasteiger partial charge in [0.15, 0.2) is 5.13 Å². The van der Waals surface area contributed by atoms with Crippen molar-refractivity contribution in [2.24, 2.45) is 0 Å². The van der Waals surface area contributed by atoms with Gasteiger partial charge >= 0.3 is 6.03 Å². The van der Waals surface area contributed by atoms with E-state index < -0.39 is 0 Å². The fraction of sp³-hybridized carbons (Fsp3) is 0.263. The summed E-state index contributed by atoms with van der Waals surface area (Å²) in [6.07, 6.45) is 0. The molecular formula is C19H19FN4OS. The maximum atomic E-state index is 12.9. The molecule has 0 saturated carbocycles. The molecule has 0 radical (unpaired) electrons. The van der Waals surface area contributed by atoms with Gasteiger partial charge in [0.1, 0.15) is 5.82 Å². The highest BCUT2D eigenvalue weighted by atomic mass is 32.1. The van der Waals surface area contributed by atoms with Crippen LogP contribution in [0.2, 0.25) is 0 Å². The maximum absolute atomic E-state index is 12.9. The Morgan fingerprint density at radius 2 is 1.81 bits per heavy atom. The topological polar surface area (TPSA) is 48.5 Å². The van der Waals surface area contributed by atoms with Gasteiger partial charge in [0, 0.05) is 32.7 Å². The van der Waals surface area contributed by atoms with Gasteiger partial charge in [-0.2, -0.15) is 0 Å². The van der Waals surface area contributed by atoms with Crippen molar-refractivity contribution in [1.82, 2.24) is 15.2 Å². The molecule has 0 atom stereocenters. The second kappa shape index (κ2) is 7.29. The highest BCUT2D eigenvalue weighted by Gasteiger charge is 2.22. The highest BCUT2D eigenvalue weighted by Crippen LogP contribution is 2.29. The molecule has 1 N–H and O–H groups in total. The Kier molecular flexibility index (Phi) is 4.71. The molecule has 2 heterocycles. The quantitative estimate of drug-likeness (QED) is 0.768. The minimum absolute atomic E-state index is 0.0849. The summed E-state index contributed by atoms with van der Waals surface area (Å²) < 4.78 is 14.1. The summed E-state index contributed by atoms with van der Waals surface area (Å²) in [5, 5.41) is 3.91. The van der Waals surface area contributed by atoms with E-state index in [0.717, 1.165) is 29.3 Å². The maximum Gasteiger partial charge on any atom is 0.317 e. The number of hydrogen-bond acceptors (Lipinski definition) is 4. The van der Waals surface area contributed by atoms with E-state index in [1.54, 1.807) is 23.5 Å². The lowest BCUT2D eigenvalue weighted by atomic mass is 10.2. The number of nitrogens with one attached hydrogen (secondary N) is 1. The van der Waals surface area contributed by atoms with Gasteiger partial charge in [-0.05, 0) is 29.8 Å². The summed E-state index contributed by atoms with van der Waals surface area (Å²) in [6, 6.07) is 14.2. The molecule has 7 heteroatoms. The molecule has 1 aliphatic rings. The van der Waals surface area contributed by atoms with Crippen LogP contribution in [0, 0.1) is 5.82 Å². The molecule has 1 aliphatic heterocycles. The lowest BCUT2D eigenvalue weighted by Gasteiger charge is -2.34. The molecule has 4 rings (SSSR count). The molecule has 0 unspecified atom stereocenters. The first-order chi connectivity index (χ1) is 12.7. The van der Waals surface area contributed by atoms with Gasteiger partial charge in [0.25, 0.3) is 0 Å². The lowest BCUT2D eigenvalue weighted by Crippen LogP contribution is -2.51. The second-order valence-corrected chi connectivity index (χ2v) is 7.23. The van der Waals surface area contributed by atoms with Gasteiger partial charge in [0.05, 0.1) is 10.2 Å². The number of halogens is 1. The van der Waals surface area contributed by atoms with E-state index in [1.807, 2.05) is 23.1 Å². The molecule has 134 valence electrons. The molecule has 0 aliphatic carbocycles. The summed E-state index contributed by atoms with van der Waals surface area (Å²) >= 11 is 1.69. The van der Waals surface area contributed by atoms with E-state index in [2.05, 4.69) is 21.3 Å². The predicted octanol–water partition coefficient (Wildman–Crippen LogP) is 3.47. The van der Waals surface area contributed by atoms with Crippen molar-refractivity contribution in [2.45, 2.75) is 6.54 Å². The molecule has 2 aromatic carbocycles. The number of nitrogens with zero attached hydrogens (tertiary/aromatic N) is 3. The molecule has 0 spiro atoms. The highest BCUT2D eigenvalue weighted by molar-refractivity contribution is 7.22. The zero-order chi connectivity index (χ0) is 17.9. The lowest BCUT2D eigenvalue weighted by molar-refractivity contribution is 0.194. The zero-order valence-corrected chi connectivity index (χ0v) is 15.0. The SMILES string of the molecule is O=C(NCc1ccc(F)cc1)N1CCN(c2nc3ccccc3s2)CC1. The third-order valence-corrected chi connectivity index (χ3v) is 5.57. The molecule has 0 bridgehead atoms. The number of anilines is 1. The summed E-state index contributed by atoms with van der Waals surface area (Å²) in [5.74, 6) is -0.272. The number of thiazole rings is 1. The van der Waals surface area contributed by atoms with E-state index in [-0.39, 0.29) is 11.8 Å². The van der Waals surface area contributed by atoms with Crippen molar-refractivity contribution in [2.75, 3.05) is 31.1 Å². The Hall–Kier alpha value is -2.67. The summed E-state index contributed by atoms with van der Waals surface area (Å²) in [5.41, 5.74) is 1.90. The summed E-state index contributed by atoms with van der Waals surface area (Å²) in [4.78, 5) is 21.1. The van der Waals surface area contributed by atoms with Crippen LogP contribution in [0.1, 0.15) is 5.56 Å². The molecule has 1 fully saturated rings. The van der Waals surface area contributed by atoms with E-state index in [0.29, 0.717) is 19.6 Å². The van der Waals surface area contributed by atoms with Crippen molar-refractivity contribution >= 4 is 32.7 Å². The Morgan fingerprint density at radius 1 is 1.08 bits per heavy atom. The number of fused-ring (bicyclic) bond motifs is 1. The van der Waals surface area contributed by atoms with Crippen LogP contribution in [0.4, 0.5) is 14.3 Å².